The monoisotopic (exact) mass is 557 g/mol. The SMILES string of the molecule is CCNC(=O)C(CC)N(Cc1ccc(Cl)cc1)C(=O)CCCN(c1ccc(OC)c(Cl)c1)S(C)(=O)=O. The number of carbonyl (C=O) groups excluding carboxylic acids is 2. The average Bonchev–Trinajstić information content (AvgIpc) is 2.82. The number of nitrogens with one attached hydrogen (secondary N) is 1. The number of amides is 2. The number of anilines is 1. The second-order valence-corrected chi connectivity index (χ2v) is 11.0. The third-order valence-corrected chi connectivity index (χ3v) is 7.32. The van der Waals surface area contributed by atoms with E-state index in [-0.39, 0.29) is 42.8 Å². The summed E-state index contributed by atoms with van der Waals surface area (Å²) in [5.74, 6) is -0.0462. The smallest absolute Gasteiger partial charge is 0.242 e. The molecule has 1 N–H and O–H groups in total. The van der Waals surface area contributed by atoms with Crippen LogP contribution in [-0.2, 0) is 26.2 Å². The van der Waals surface area contributed by atoms with Gasteiger partial charge in [0.1, 0.15) is 11.8 Å². The molecule has 8 nitrogen and oxygen atoms in total. The highest BCUT2D eigenvalue weighted by Crippen LogP contribution is 2.30. The number of sulfonamides is 1. The Kier molecular flexibility index (Phi) is 11.3. The summed E-state index contributed by atoms with van der Waals surface area (Å²) in [4.78, 5) is 27.6. The molecule has 0 aliphatic carbocycles. The zero-order chi connectivity index (χ0) is 26.9. The molecule has 11 heteroatoms. The minimum absolute atomic E-state index is 0.0550. The van der Waals surface area contributed by atoms with Gasteiger partial charge in [-0.3, -0.25) is 13.9 Å². The van der Waals surface area contributed by atoms with Crippen molar-refractivity contribution in [2.24, 2.45) is 0 Å². The van der Waals surface area contributed by atoms with Crippen LogP contribution in [0.2, 0.25) is 10.0 Å². The summed E-state index contributed by atoms with van der Waals surface area (Å²) in [7, 11) is -2.16. The maximum absolute atomic E-state index is 13.3. The van der Waals surface area contributed by atoms with E-state index in [1.54, 1.807) is 29.2 Å². The third-order valence-electron chi connectivity index (χ3n) is 5.58. The van der Waals surface area contributed by atoms with Gasteiger partial charge in [-0.05, 0) is 55.7 Å². The van der Waals surface area contributed by atoms with Crippen LogP contribution in [0.15, 0.2) is 42.5 Å². The van der Waals surface area contributed by atoms with Gasteiger partial charge in [0.25, 0.3) is 0 Å². The molecule has 0 bridgehead atoms. The first kappa shape index (κ1) is 29.7. The molecule has 1 atom stereocenters. The summed E-state index contributed by atoms with van der Waals surface area (Å²) >= 11 is 12.2. The van der Waals surface area contributed by atoms with Crippen LogP contribution in [0.4, 0.5) is 5.69 Å². The molecule has 0 fully saturated rings. The lowest BCUT2D eigenvalue weighted by Crippen LogP contribution is -2.49. The van der Waals surface area contributed by atoms with E-state index in [9.17, 15) is 18.0 Å². The van der Waals surface area contributed by atoms with Gasteiger partial charge >= 0.3 is 0 Å². The van der Waals surface area contributed by atoms with Gasteiger partial charge in [-0.25, -0.2) is 8.42 Å². The summed E-state index contributed by atoms with van der Waals surface area (Å²) in [6.07, 6.45) is 1.84. The molecule has 0 aromatic heterocycles. The van der Waals surface area contributed by atoms with Gasteiger partial charge in [-0.15, -0.1) is 0 Å². The van der Waals surface area contributed by atoms with Crippen LogP contribution >= 0.6 is 23.2 Å². The van der Waals surface area contributed by atoms with Crippen molar-refractivity contribution in [3.8, 4) is 5.75 Å². The summed E-state index contributed by atoms with van der Waals surface area (Å²) in [5, 5.41) is 3.65. The first-order valence-electron chi connectivity index (χ1n) is 11.6. The second kappa shape index (κ2) is 13.7. The molecule has 0 aliphatic rings. The largest absolute Gasteiger partial charge is 0.495 e. The predicted octanol–water partition coefficient (Wildman–Crippen LogP) is 4.49. The van der Waals surface area contributed by atoms with E-state index < -0.39 is 16.1 Å². The Labute approximate surface area is 223 Å². The quantitative estimate of drug-likeness (QED) is 0.391. The van der Waals surface area contributed by atoms with Crippen LogP contribution < -0.4 is 14.4 Å². The standard InChI is InChI=1S/C25H33Cl2N3O5S/c1-5-22(25(32)28-6-2)29(17-18-9-11-19(26)12-10-18)24(31)8-7-15-30(36(4,33)34)20-13-14-23(35-3)21(27)16-20/h9-14,16,22H,5-8,15,17H2,1-4H3,(H,28,32). The Bertz CT molecular complexity index is 1140. The molecule has 2 amide bonds. The van der Waals surface area contributed by atoms with Crippen molar-refractivity contribution in [1.82, 2.24) is 10.2 Å². The van der Waals surface area contributed by atoms with Crippen molar-refractivity contribution >= 4 is 50.7 Å². The van der Waals surface area contributed by atoms with Gasteiger partial charge in [-0.1, -0.05) is 42.3 Å². The first-order chi connectivity index (χ1) is 17.0. The highest BCUT2D eigenvalue weighted by Gasteiger charge is 2.28. The normalized spacial score (nSPS) is 12.1. The van der Waals surface area contributed by atoms with Gasteiger partial charge in [0.05, 0.1) is 24.1 Å². The van der Waals surface area contributed by atoms with Crippen molar-refractivity contribution in [2.75, 3.05) is 30.8 Å². The fraction of sp³-hybridized carbons (Fsp3) is 0.440. The van der Waals surface area contributed by atoms with Crippen molar-refractivity contribution in [3.05, 3.63) is 58.1 Å². The predicted molar refractivity (Wildman–Crippen MR) is 144 cm³/mol. The Morgan fingerprint density at radius 3 is 2.28 bits per heavy atom. The Hall–Kier alpha value is -2.49. The Balaban J connectivity index is 2.21. The Morgan fingerprint density at radius 1 is 1.08 bits per heavy atom. The van der Waals surface area contributed by atoms with E-state index in [1.165, 1.54) is 17.5 Å². The summed E-state index contributed by atoms with van der Waals surface area (Å²) in [6, 6.07) is 11.1. The fourth-order valence-corrected chi connectivity index (χ4v) is 5.15. The van der Waals surface area contributed by atoms with E-state index in [0.717, 1.165) is 11.8 Å². The second-order valence-electron chi connectivity index (χ2n) is 8.22. The van der Waals surface area contributed by atoms with Crippen LogP contribution in [0.5, 0.6) is 5.75 Å². The topological polar surface area (TPSA) is 96.0 Å². The van der Waals surface area contributed by atoms with Gasteiger partial charge < -0.3 is 15.0 Å². The molecule has 198 valence electrons. The van der Waals surface area contributed by atoms with Crippen LogP contribution in [0.25, 0.3) is 0 Å². The summed E-state index contributed by atoms with van der Waals surface area (Å²) in [5.41, 5.74) is 1.21. The van der Waals surface area contributed by atoms with Crippen molar-refractivity contribution in [3.63, 3.8) is 0 Å². The molecular weight excluding hydrogens is 525 g/mol. The van der Waals surface area contributed by atoms with Crippen molar-refractivity contribution in [2.45, 2.75) is 45.7 Å². The van der Waals surface area contributed by atoms with Gasteiger partial charge in [0.15, 0.2) is 0 Å². The van der Waals surface area contributed by atoms with E-state index in [4.69, 9.17) is 27.9 Å². The highest BCUT2D eigenvalue weighted by molar-refractivity contribution is 7.92. The highest BCUT2D eigenvalue weighted by atomic mass is 35.5. The molecule has 0 radical (unpaired) electrons. The molecule has 0 aliphatic heterocycles. The van der Waals surface area contributed by atoms with E-state index in [2.05, 4.69) is 5.32 Å². The van der Waals surface area contributed by atoms with Crippen molar-refractivity contribution in [1.29, 1.82) is 0 Å². The number of hydrogen-bond donors (Lipinski definition) is 1. The van der Waals surface area contributed by atoms with Crippen LogP contribution in [0.1, 0.15) is 38.7 Å². The number of likely N-dealkylation sites (N-methyl/N-ethyl adjacent to an activating group) is 1. The summed E-state index contributed by atoms with van der Waals surface area (Å²) < 4.78 is 31.3. The number of benzene rings is 2. The van der Waals surface area contributed by atoms with Gasteiger partial charge in [0.2, 0.25) is 21.8 Å². The number of hydrogen-bond acceptors (Lipinski definition) is 5. The fourth-order valence-electron chi connectivity index (χ4n) is 3.81. The maximum Gasteiger partial charge on any atom is 0.242 e. The molecule has 2 rings (SSSR count). The molecule has 0 spiro atoms. The van der Waals surface area contributed by atoms with E-state index >= 15 is 0 Å². The van der Waals surface area contributed by atoms with Crippen LogP contribution in [0, 0.1) is 0 Å². The minimum atomic E-state index is -3.63. The molecule has 2 aromatic rings. The number of halogens is 2. The average molecular weight is 559 g/mol. The van der Waals surface area contributed by atoms with Crippen LogP contribution in [0.3, 0.4) is 0 Å². The number of methoxy groups -OCH3 is 1. The molecule has 0 saturated carbocycles. The molecule has 0 saturated heterocycles. The zero-order valence-electron chi connectivity index (χ0n) is 21.0. The molecular formula is C25H33Cl2N3O5S. The lowest BCUT2D eigenvalue weighted by atomic mass is 10.1. The third kappa shape index (κ3) is 8.28. The van der Waals surface area contributed by atoms with E-state index in [1.807, 2.05) is 26.0 Å². The zero-order valence-corrected chi connectivity index (χ0v) is 23.3. The number of ether oxygens (including phenoxy) is 1. The maximum atomic E-state index is 13.3. The van der Waals surface area contributed by atoms with E-state index in [0.29, 0.717) is 29.4 Å². The number of nitrogens with zero attached hydrogens (tertiary/aromatic N) is 2. The number of carbonyl (C=O) groups is 2. The lowest BCUT2D eigenvalue weighted by Gasteiger charge is -2.31. The van der Waals surface area contributed by atoms with Gasteiger partial charge in [0, 0.05) is 31.1 Å². The molecule has 36 heavy (non-hydrogen) atoms. The minimum Gasteiger partial charge on any atom is -0.495 e. The molecule has 1 unspecified atom stereocenters. The Morgan fingerprint density at radius 2 is 1.75 bits per heavy atom. The summed E-state index contributed by atoms with van der Waals surface area (Å²) in [6.45, 7) is 4.42. The lowest BCUT2D eigenvalue weighted by molar-refractivity contribution is -0.141. The first-order valence-corrected chi connectivity index (χ1v) is 14.2. The van der Waals surface area contributed by atoms with Crippen molar-refractivity contribution < 1.29 is 22.7 Å². The van der Waals surface area contributed by atoms with Gasteiger partial charge in [-0.2, -0.15) is 0 Å². The van der Waals surface area contributed by atoms with Crippen LogP contribution in [-0.4, -0.2) is 57.6 Å². The molecule has 2 aromatic carbocycles. The number of rotatable bonds is 13. The molecule has 0 heterocycles.